The topological polar surface area (TPSA) is 122 Å². The summed E-state index contributed by atoms with van der Waals surface area (Å²) < 4.78 is 32.4. The van der Waals surface area contributed by atoms with Crippen LogP contribution in [-0.2, 0) is 22.0 Å². The number of aliphatic imine (C=N–C) groups is 1. The number of sulfonamides is 1. The summed E-state index contributed by atoms with van der Waals surface area (Å²) >= 11 is 0. The summed E-state index contributed by atoms with van der Waals surface area (Å²) in [4.78, 5) is 12.3. The van der Waals surface area contributed by atoms with E-state index in [9.17, 15) is 8.42 Å². The third-order valence-corrected chi connectivity index (χ3v) is 5.02. The van der Waals surface area contributed by atoms with Gasteiger partial charge in [-0.15, -0.1) is 0 Å². The molecule has 0 amide bonds. The van der Waals surface area contributed by atoms with Crippen molar-refractivity contribution in [3.05, 3.63) is 42.4 Å². The van der Waals surface area contributed by atoms with Crippen molar-refractivity contribution in [2.45, 2.75) is 37.6 Å². The number of oxazole rings is 1. The van der Waals surface area contributed by atoms with Gasteiger partial charge in [-0.05, 0) is 12.1 Å². The molecule has 0 aliphatic heterocycles. The van der Waals surface area contributed by atoms with Crippen LogP contribution in [0, 0.1) is 0 Å². The first-order valence-electron chi connectivity index (χ1n) is 8.52. The molecule has 0 aliphatic carbocycles. The van der Waals surface area contributed by atoms with Crippen LogP contribution in [0.1, 0.15) is 32.4 Å². The molecule has 0 unspecified atom stereocenters. The van der Waals surface area contributed by atoms with Crippen LogP contribution in [0.5, 0.6) is 0 Å². The maximum atomic E-state index is 12.1. The maximum Gasteiger partial charge on any atom is 0.242 e. The van der Waals surface area contributed by atoms with E-state index in [2.05, 4.69) is 51.1 Å². The van der Waals surface area contributed by atoms with Crippen LogP contribution < -0.4 is 15.4 Å². The Hall–Kier alpha value is -2.46. The molecule has 2 heterocycles. The van der Waals surface area contributed by atoms with E-state index in [0.29, 0.717) is 24.9 Å². The first-order chi connectivity index (χ1) is 12.7. The molecular formula is C17H26N6O3S. The summed E-state index contributed by atoms with van der Waals surface area (Å²) in [7, 11) is -1.94. The van der Waals surface area contributed by atoms with Gasteiger partial charge in [0.15, 0.2) is 5.96 Å². The van der Waals surface area contributed by atoms with Gasteiger partial charge >= 0.3 is 0 Å². The molecule has 0 saturated carbocycles. The Bertz CT molecular complexity index is 856. The molecule has 0 fully saturated rings. The SMILES string of the molecule is CN=C(NCCNS(=O)(=O)c1cccnc1)NCc1ncc(C(C)(C)C)o1. The average molecular weight is 395 g/mol. The van der Waals surface area contributed by atoms with Crippen LogP contribution in [0.15, 0.2) is 45.0 Å². The molecule has 0 atom stereocenters. The van der Waals surface area contributed by atoms with E-state index >= 15 is 0 Å². The summed E-state index contributed by atoms with van der Waals surface area (Å²) in [5.41, 5.74) is -0.101. The van der Waals surface area contributed by atoms with Gasteiger partial charge in [-0.3, -0.25) is 9.98 Å². The molecule has 2 aromatic heterocycles. The Morgan fingerprint density at radius 2 is 2.00 bits per heavy atom. The molecule has 2 rings (SSSR count). The highest BCUT2D eigenvalue weighted by atomic mass is 32.2. The number of guanidine groups is 1. The minimum absolute atomic E-state index is 0.101. The zero-order chi connectivity index (χ0) is 19.9. The molecule has 0 aliphatic rings. The normalized spacial score (nSPS) is 12.8. The molecule has 2 aromatic rings. The minimum Gasteiger partial charge on any atom is -0.443 e. The van der Waals surface area contributed by atoms with E-state index in [1.165, 1.54) is 18.5 Å². The zero-order valence-corrected chi connectivity index (χ0v) is 16.8. The standard InChI is InChI=1S/C17H26N6O3S/c1-17(2,3)14-11-21-15(26-14)12-22-16(18-4)20-8-9-23-27(24,25)13-6-5-7-19-10-13/h5-7,10-11,23H,8-9,12H2,1-4H3,(H2,18,20,22). The van der Waals surface area contributed by atoms with E-state index in [4.69, 9.17) is 4.42 Å². The predicted molar refractivity (Wildman–Crippen MR) is 103 cm³/mol. The lowest BCUT2D eigenvalue weighted by atomic mass is 9.94. The second-order valence-corrected chi connectivity index (χ2v) is 8.57. The van der Waals surface area contributed by atoms with Crippen molar-refractivity contribution in [1.29, 1.82) is 0 Å². The highest BCUT2D eigenvalue weighted by Crippen LogP contribution is 2.22. The largest absolute Gasteiger partial charge is 0.443 e. The Morgan fingerprint density at radius 3 is 2.59 bits per heavy atom. The van der Waals surface area contributed by atoms with E-state index in [1.807, 2.05) is 0 Å². The number of rotatable bonds is 7. The molecule has 0 aromatic carbocycles. The van der Waals surface area contributed by atoms with Gasteiger partial charge in [-0.2, -0.15) is 0 Å². The van der Waals surface area contributed by atoms with Crippen molar-refractivity contribution in [3.63, 3.8) is 0 Å². The van der Waals surface area contributed by atoms with E-state index in [1.54, 1.807) is 19.3 Å². The Morgan fingerprint density at radius 1 is 1.22 bits per heavy atom. The molecule has 10 heteroatoms. The Balaban J connectivity index is 1.77. The molecule has 0 spiro atoms. The minimum atomic E-state index is -3.57. The lowest BCUT2D eigenvalue weighted by molar-refractivity contribution is 0.379. The van der Waals surface area contributed by atoms with Crippen molar-refractivity contribution < 1.29 is 12.8 Å². The first kappa shape index (κ1) is 20.8. The molecule has 0 bridgehead atoms. The van der Waals surface area contributed by atoms with Gasteiger partial charge < -0.3 is 15.1 Å². The monoisotopic (exact) mass is 394 g/mol. The maximum absolute atomic E-state index is 12.1. The Kier molecular flexibility index (Phi) is 6.92. The summed E-state index contributed by atoms with van der Waals surface area (Å²) in [6.45, 7) is 7.09. The molecule has 3 N–H and O–H groups in total. The van der Waals surface area contributed by atoms with Gasteiger partial charge in [0.25, 0.3) is 0 Å². The van der Waals surface area contributed by atoms with Crippen LogP contribution in [0.25, 0.3) is 0 Å². The van der Waals surface area contributed by atoms with E-state index in [-0.39, 0.29) is 16.9 Å². The smallest absolute Gasteiger partial charge is 0.242 e. The highest BCUT2D eigenvalue weighted by Gasteiger charge is 2.19. The second-order valence-electron chi connectivity index (χ2n) is 6.81. The van der Waals surface area contributed by atoms with Crippen molar-refractivity contribution in [2.24, 2.45) is 4.99 Å². The fourth-order valence-corrected chi connectivity index (χ4v) is 3.07. The fraction of sp³-hybridized carbons (Fsp3) is 0.471. The third kappa shape index (κ3) is 6.33. The lowest BCUT2D eigenvalue weighted by Gasteiger charge is -2.13. The number of nitrogens with zero attached hydrogens (tertiary/aromatic N) is 3. The highest BCUT2D eigenvalue weighted by molar-refractivity contribution is 7.89. The fourth-order valence-electron chi connectivity index (χ4n) is 2.07. The zero-order valence-electron chi connectivity index (χ0n) is 16.0. The van der Waals surface area contributed by atoms with Crippen molar-refractivity contribution >= 4 is 16.0 Å². The predicted octanol–water partition coefficient (Wildman–Crippen LogP) is 1.01. The van der Waals surface area contributed by atoms with Crippen molar-refractivity contribution in [2.75, 3.05) is 20.1 Å². The quantitative estimate of drug-likeness (QED) is 0.364. The van der Waals surface area contributed by atoms with Crippen LogP contribution in [0.4, 0.5) is 0 Å². The van der Waals surface area contributed by atoms with Gasteiger partial charge in [0.05, 0.1) is 12.7 Å². The van der Waals surface area contributed by atoms with Crippen LogP contribution in [0.3, 0.4) is 0 Å². The summed E-state index contributed by atoms with van der Waals surface area (Å²) in [6.07, 6.45) is 4.55. The number of aromatic nitrogens is 2. The average Bonchev–Trinajstić information content (AvgIpc) is 3.11. The molecular weight excluding hydrogens is 368 g/mol. The molecule has 0 saturated heterocycles. The summed E-state index contributed by atoms with van der Waals surface area (Å²) in [5, 5.41) is 6.10. The Labute approximate surface area is 159 Å². The van der Waals surface area contributed by atoms with Crippen molar-refractivity contribution in [3.8, 4) is 0 Å². The van der Waals surface area contributed by atoms with Crippen LogP contribution >= 0.6 is 0 Å². The van der Waals surface area contributed by atoms with Crippen LogP contribution in [0.2, 0.25) is 0 Å². The number of nitrogens with one attached hydrogen (secondary N) is 3. The van der Waals surface area contributed by atoms with Gasteiger partial charge in [-0.25, -0.2) is 18.1 Å². The molecule has 0 radical (unpaired) electrons. The summed E-state index contributed by atoms with van der Waals surface area (Å²) in [5.74, 6) is 1.89. The van der Waals surface area contributed by atoms with Gasteiger partial charge in [-0.1, -0.05) is 20.8 Å². The number of hydrogen-bond donors (Lipinski definition) is 3. The first-order valence-corrected chi connectivity index (χ1v) is 10.00. The van der Waals surface area contributed by atoms with Gasteiger partial charge in [0.2, 0.25) is 15.9 Å². The summed E-state index contributed by atoms with van der Waals surface area (Å²) in [6, 6.07) is 3.07. The van der Waals surface area contributed by atoms with Crippen LogP contribution in [-0.4, -0.2) is 44.5 Å². The molecule has 148 valence electrons. The number of hydrogen-bond acceptors (Lipinski definition) is 6. The van der Waals surface area contributed by atoms with E-state index in [0.717, 1.165) is 5.76 Å². The molecule has 27 heavy (non-hydrogen) atoms. The third-order valence-electron chi connectivity index (χ3n) is 3.58. The van der Waals surface area contributed by atoms with Crippen molar-refractivity contribution in [1.82, 2.24) is 25.3 Å². The van der Waals surface area contributed by atoms with Gasteiger partial charge in [0, 0.05) is 37.9 Å². The number of pyridine rings is 1. The lowest BCUT2D eigenvalue weighted by Crippen LogP contribution is -2.41. The van der Waals surface area contributed by atoms with E-state index < -0.39 is 10.0 Å². The van der Waals surface area contributed by atoms with Gasteiger partial charge in [0.1, 0.15) is 10.7 Å². The second kappa shape index (κ2) is 8.96. The molecule has 9 nitrogen and oxygen atoms in total.